The fraction of sp³-hybridized carbons (Fsp3) is 0.238. The molecule has 2 aliphatic rings. The van der Waals surface area contributed by atoms with E-state index in [-0.39, 0.29) is 12.3 Å². The van der Waals surface area contributed by atoms with Gasteiger partial charge in [-0.05, 0) is 34.5 Å². The molecular formula is C21H18ClNO2. The summed E-state index contributed by atoms with van der Waals surface area (Å²) in [5.74, 6) is 1.28. The van der Waals surface area contributed by atoms with Crippen LogP contribution < -0.4 is 10.1 Å². The summed E-state index contributed by atoms with van der Waals surface area (Å²) in [6, 6.07) is 20.8. The SMILES string of the molecule is Clc1ccc(C2N[C@H]3c4c(ccc5ccccc45)OC[C@H]3CO2)cc1. The summed E-state index contributed by atoms with van der Waals surface area (Å²) in [5.41, 5.74) is 2.34. The van der Waals surface area contributed by atoms with E-state index in [2.05, 4.69) is 41.7 Å². The zero-order valence-electron chi connectivity index (χ0n) is 13.6. The van der Waals surface area contributed by atoms with Crippen LogP contribution in [0.5, 0.6) is 5.75 Å². The molecule has 1 fully saturated rings. The molecule has 3 aromatic carbocycles. The van der Waals surface area contributed by atoms with Crippen LogP contribution in [0.4, 0.5) is 0 Å². The maximum absolute atomic E-state index is 6.07. The molecule has 0 saturated carbocycles. The largest absolute Gasteiger partial charge is 0.493 e. The molecule has 3 atom stereocenters. The second kappa shape index (κ2) is 6.03. The second-order valence-corrected chi connectivity index (χ2v) is 7.12. The normalized spacial score (nSPS) is 25.1. The number of benzene rings is 3. The highest BCUT2D eigenvalue weighted by atomic mass is 35.5. The van der Waals surface area contributed by atoms with Gasteiger partial charge in [-0.15, -0.1) is 0 Å². The molecule has 0 aliphatic carbocycles. The lowest BCUT2D eigenvalue weighted by Gasteiger charge is -2.41. The molecule has 3 aromatic rings. The van der Waals surface area contributed by atoms with E-state index in [0.29, 0.717) is 19.1 Å². The van der Waals surface area contributed by atoms with Crippen LogP contribution in [0.3, 0.4) is 0 Å². The first-order valence-electron chi connectivity index (χ1n) is 8.57. The van der Waals surface area contributed by atoms with Gasteiger partial charge in [0.15, 0.2) is 0 Å². The van der Waals surface area contributed by atoms with Crippen LogP contribution in [0.1, 0.15) is 23.4 Å². The molecule has 5 rings (SSSR count). The number of nitrogens with one attached hydrogen (secondary N) is 1. The molecule has 1 unspecified atom stereocenters. The first-order chi connectivity index (χ1) is 12.3. The highest BCUT2D eigenvalue weighted by Crippen LogP contribution is 2.43. The number of rotatable bonds is 1. The van der Waals surface area contributed by atoms with Crippen molar-refractivity contribution in [1.82, 2.24) is 5.32 Å². The highest BCUT2D eigenvalue weighted by molar-refractivity contribution is 6.30. The van der Waals surface area contributed by atoms with Gasteiger partial charge in [0, 0.05) is 22.5 Å². The quantitative estimate of drug-likeness (QED) is 0.679. The van der Waals surface area contributed by atoms with Gasteiger partial charge in [0.05, 0.1) is 13.2 Å². The van der Waals surface area contributed by atoms with Crippen molar-refractivity contribution in [2.75, 3.05) is 13.2 Å². The second-order valence-electron chi connectivity index (χ2n) is 6.68. The zero-order chi connectivity index (χ0) is 16.8. The number of hydrogen-bond acceptors (Lipinski definition) is 3. The Kier molecular flexibility index (Phi) is 3.66. The third-order valence-corrected chi connectivity index (χ3v) is 5.40. The van der Waals surface area contributed by atoms with Crippen LogP contribution in [-0.2, 0) is 4.74 Å². The van der Waals surface area contributed by atoms with Crippen molar-refractivity contribution in [3.63, 3.8) is 0 Å². The van der Waals surface area contributed by atoms with Gasteiger partial charge in [-0.25, -0.2) is 0 Å². The molecular weight excluding hydrogens is 334 g/mol. The molecule has 2 heterocycles. The van der Waals surface area contributed by atoms with E-state index < -0.39 is 0 Å². The summed E-state index contributed by atoms with van der Waals surface area (Å²) in [5, 5.41) is 6.92. The van der Waals surface area contributed by atoms with Crippen LogP contribution in [0.15, 0.2) is 60.7 Å². The molecule has 25 heavy (non-hydrogen) atoms. The summed E-state index contributed by atoms with van der Waals surface area (Å²) in [6.07, 6.45) is -0.136. The van der Waals surface area contributed by atoms with Crippen molar-refractivity contribution in [3.05, 3.63) is 76.8 Å². The molecule has 0 radical (unpaired) electrons. The molecule has 0 aromatic heterocycles. The lowest BCUT2D eigenvalue weighted by molar-refractivity contribution is -0.0708. The maximum Gasteiger partial charge on any atom is 0.134 e. The average molecular weight is 352 g/mol. The van der Waals surface area contributed by atoms with Gasteiger partial charge in [0.25, 0.3) is 0 Å². The Balaban J connectivity index is 1.56. The van der Waals surface area contributed by atoms with E-state index in [4.69, 9.17) is 21.1 Å². The number of hydrogen-bond donors (Lipinski definition) is 1. The zero-order valence-corrected chi connectivity index (χ0v) is 14.4. The van der Waals surface area contributed by atoms with Gasteiger partial charge in [-0.3, -0.25) is 5.32 Å². The van der Waals surface area contributed by atoms with E-state index in [1.54, 1.807) is 0 Å². The van der Waals surface area contributed by atoms with Crippen LogP contribution in [0.2, 0.25) is 5.02 Å². The predicted molar refractivity (Wildman–Crippen MR) is 99.0 cm³/mol. The molecule has 1 saturated heterocycles. The minimum Gasteiger partial charge on any atom is -0.493 e. The van der Waals surface area contributed by atoms with E-state index in [1.165, 1.54) is 16.3 Å². The standard InChI is InChI=1S/C21H18ClNO2/c22-16-8-5-14(6-9-16)21-23-20-15(12-25-21)11-24-18-10-7-13-3-1-2-4-17(13)19(18)20/h1-10,15,20-21,23H,11-12H2/t15-,20+,21?/m0/s1. The van der Waals surface area contributed by atoms with E-state index in [0.717, 1.165) is 16.3 Å². The number of fused-ring (bicyclic) bond motifs is 5. The van der Waals surface area contributed by atoms with E-state index >= 15 is 0 Å². The lowest BCUT2D eigenvalue weighted by Crippen LogP contribution is -2.45. The molecule has 0 bridgehead atoms. The van der Waals surface area contributed by atoms with Crippen LogP contribution in [0.25, 0.3) is 10.8 Å². The van der Waals surface area contributed by atoms with Gasteiger partial charge in [0.2, 0.25) is 0 Å². The number of ether oxygens (including phenoxy) is 2. The lowest BCUT2D eigenvalue weighted by atomic mass is 9.86. The molecule has 4 heteroatoms. The van der Waals surface area contributed by atoms with Crippen molar-refractivity contribution in [1.29, 1.82) is 0 Å². The Morgan fingerprint density at radius 2 is 1.76 bits per heavy atom. The topological polar surface area (TPSA) is 30.5 Å². The summed E-state index contributed by atoms with van der Waals surface area (Å²) in [4.78, 5) is 0. The summed E-state index contributed by atoms with van der Waals surface area (Å²) in [7, 11) is 0. The third-order valence-electron chi connectivity index (χ3n) is 5.15. The number of halogens is 1. The minimum atomic E-state index is -0.136. The summed E-state index contributed by atoms with van der Waals surface area (Å²) >= 11 is 6.02. The Labute approximate surface area is 151 Å². The third kappa shape index (κ3) is 2.60. The van der Waals surface area contributed by atoms with Crippen molar-refractivity contribution < 1.29 is 9.47 Å². The van der Waals surface area contributed by atoms with E-state index in [9.17, 15) is 0 Å². The van der Waals surface area contributed by atoms with Gasteiger partial charge in [-0.1, -0.05) is 54.1 Å². The van der Waals surface area contributed by atoms with Crippen molar-refractivity contribution in [2.24, 2.45) is 5.92 Å². The fourth-order valence-corrected chi connectivity index (χ4v) is 4.00. The van der Waals surface area contributed by atoms with Gasteiger partial charge in [0.1, 0.15) is 12.0 Å². The first-order valence-corrected chi connectivity index (χ1v) is 8.95. The van der Waals surface area contributed by atoms with Gasteiger partial charge in [-0.2, -0.15) is 0 Å². The van der Waals surface area contributed by atoms with Crippen molar-refractivity contribution in [3.8, 4) is 5.75 Å². The van der Waals surface area contributed by atoms with Crippen LogP contribution in [0, 0.1) is 5.92 Å². The summed E-state index contributed by atoms with van der Waals surface area (Å²) < 4.78 is 12.1. The van der Waals surface area contributed by atoms with Gasteiger partial charge >= 0.3 is 0 Å². The first kappa shape index (κ1) is 15.2. The Bertz CT molecular complexity index is 925. The highest BCUT2D eigenvalue weighted by Gasteiger charge is 2.38. The smallest absolute Gasteiger partial charge is 0.134 e. The molecule has 0 amide bonds. The Hall–Kier alpha value is -2.07. The van der Waals surface area contributed by atoms with Crippen molar-refractivity contribution in [2.45, 2.75) is 12.3 Å². The molecule has 126 valence electrons. The Morgan fingerprint density at radius 3 is 2.64 bits per heavy atom. The Morgan fingerprint density at radius 1 is 0.920 bits per heavy atom. The van der Waals surface area contributed by atoms with Gasteiger partial charge < -0.3 is 9.47 Å². The summed E-state index contributed by atoms with van der Waals surface area (Å²) in [6.45, 7) is 1.35. The van der Waals surface area contributed by atoms with Crippen molar-refractivity contribution >= 4 is 22.4 Å². The fourth-order valence-electron chi connectivity index (χ4n) is 3.88. The molecule has 0 spiro atoms. The maximum atomic E-state index is 6.07. The van der Waals surface area contributed by atoms with E-state index in [1.807, 2.05) is 24.3 Å². The molecule has 1 N–H and O–H groups in total. The van der Waals surface area contributed by atoms with Crippen LogP contribution >= 0.6 is 11.6 Å². The molecule has 2 aliphatic heterocycles. The van der Waals surface area contributed by atoms with Crippen LogP contribution in [-0.4, -0.2) is 13.2 Å². The monoisotopic (exact) mass is 351 g/mol. The minimum absolute atomic E-state index is 0.136. The molecule has 3 nitrogen and oxygen atoms in total. The predicted octanol–water partition coefficient (Wildman–Crippen LogP) is 4.86. The average Bonchev–Trinajstić information content (AvgIpc) is 2.67.